The normalized spacial score (nSPS) is 22.1. The summed E-state index contributed by atoms with van der Waals surface area (Å²) in [7, 11) is 0. The second-order valence-corrected chi connectivity index (χ2v) is 5.81. The van der Waals surface area contributed by atoms with Crippen LogP contribution in [-0.2, 0) is 17.9 Å². The molecular weight excluding hydrogens is 288 g/mol. The molecule has 118 valence electrons. The molecule has 0 aliphatic carbocycles. The third kappa shape index (κ3) is 3.77. The molecule has 1 aliphatic rings. The molecule has 1 heterocycles. The molecular formula is C19H20N2O2. The summed E-state index contributed by atoms with van der Waals surface area (Å²) in [5.41, 5.74) is 2.27. The highest BCUT2D eigenvalue weighted by molar-refractivity contribution is 5.17. The summed E-state index contributed by atoms with van der Waals surface area (Å²) in [6.45, 7) is 1.94. The van der Waals surface area contributed by atoms with Crippen molar-refractivity contribution in [2.45, 2.75) is 31.4 Å². The first-order valence-corrected chi connectivity index (χ1v) is 7.79. The monoisotopic (exact) mass is 308 g/mol. The minimum absolute atomic E-state index is 0.117. The maximum atomic E-state index is 10.0. The van der Waals surface area contributed by atoms with Crippen molar-refractivity contribution >= 4 is 0 Å². The number of aliphatic hydroxyl groups excluding tert-OH is 1. The van der Waals surface area contributed by atoms with Crippen molar-refractivity contribution in [3.8, 4) is 6.07 Å². The quantitative estimate of drug-likeness (QED) is 0.832. The van der Waals surface area contributed by atoms with E-state index in [9.17, 15) is 5.11 Å². The largest absolute Gasteiger partial charge is 0.376 e. The predicted molar refractivity (Wildman–Crippen MR) is 87.3 cm³/mol. The fourth-order valence-electron chi connectivity index (χ4n) is 2.95. The first kappa shape index (κ1) is 15.7. The van der Waals surface area contributed by atoms with E-state index < -0.39 is 6.10 Å². The van der Waals surface area contributed by atoms with Gasteiger partial charge >= 0.3 is 0 Å². The molecule has 0 aromatic heterocycles. The van der Waals surface area contributed by atoms with Gasteiger partial charge in [0.2, 0.25) is 0 Å². The molecule has 23 heavy (non-hydrogen) atoms. The van der Waals surface area contributed by atoms with Crippen LogP contribution in [0.3, 0.4) is 0 Å². The lowest BCUT2D eigenvalue weighted by atomic mass is 9.93. The molecule has 0 saturated carbocycles. The fourth-order valence-corrected chi connectivity index (χ4v) is 2.95. The lowest BCUT2D eigenvalue weighted by Gasteiger charge is -2.48. The zero-order valence-electron chi connectivity index (χ0n) is 12.9. The molecule has 1 aliphatic heterocycles. The zero-order chi connectivity index (χ0) is 16.1. The van der Waals surface area contributed by atoms with Gasteiger partial charge in [-0.2, -0.15) is 5.26 Å². The van der Waals surface area contributed by atoms with Crippen LogP contribution in [0.15, 0.2) is 60.7 Å². The summed E-state index contributed by atoms with van der Waals surface area (Å²) in [4.78, 5) is 2.10. The first-order chi connectivity index (χ1) is 11.3. The van der Waals surface area contributed by atoms with Crippen molar-refractivity contribution < 1.29 is 9.84 Å². The van der Waals surface area contributed by atoms with Crippen LogP contribution in [0, 0.1) is 11.3 Å². The van der Waals surface area contributed by atoms with Crippen molar-refractivity contribution in [1.82, 2.24) is 4.90 Å². The van der Waals surface area contributed by atoms with E-state index in [2.05, 4.69) is 4.90 Å². The minimum Gasteiger partial charge on any atom is -0.376 e. The lowest BCUT2D eigenvalue weighted by Crippen LogP contribution is -2.65. The zero-order valence-corrected chi connectivity index (χ0v) is 12.9. The Hall–Kier alpha value is -2.19. The Labute approximate surface area is 136 Å². The highest BCUT2D eigenvalue weighted by Gasteiger charge is 2.44. The number of aliphatic hydroxyl groups is 1. The van der Waals surface area contributed by atoms with Gasteiger partial charge in [0, 0.05) is 13.1 Å². The van der Waals surface area contributed by atoms with Crippen molar-refractivity contribution in [2.24, 2.45) is 0 Å². The fraction of sp³-hybridized carbons (Fsp3) is 0.316. The summed E-state index contributed by atoms with van der Waals surface area (Å²) in [5.74, 6) is 0. The van der Waals surface area contributed by atoms with Gasteiger partial charge in [-0.3, -0.25) is 4.90 Å². The summed E-state index contributed by atoms with van der Waals surface area (Å²) >= 11 is 0. The molecule has 2 aromatic rings. The van der Waals surface area contributed by atoms with E-state index in [4.69, 9.17) is 10.00 Å². The Morgan fingerprint density at radius 2 is 1.70 bits per heavy atom. The van der Waals surface area contributed by atoms with Crippen molar-refractivity contribution in [1.29, 1.82) is 5.26 Å². The number of hydrogen-bond acceptors (Lipinski definition) is 4. The van der Waals surface area contributed by atoms with Gasteiger partial charge in [-0.05, 0) is 11.1 Å². The molecule has 1 fully saturated rings. The van der Waals surface area contributed by atoms with Crippen LogP contribution in [0.4, 0.5) is 0 Å². The van der Waals surface area contributed by atoms with E-state index in [0.29, 0.717) is 6.61 Å². The molecule has 0 spiro atoms. The maximum absolute atomic E-state index is 10.0. The standard InChI is InChI=1S/C19H20N2O2/c20-11-17(22)19-18(23-14-16-9-5-2-6-10-16)13-21(19)12-15-7-3-1-4-8-15/h1-10,17-19,22H,12-14H2/t17?,18-,19+/m0/s1. The van der Waals surface area contributed by atoms with Gasteiger partial charge in [0.25, 0.3) is 0 Å². The molecule has 3 rings (SSSR count). The third-order valence-electron chi connectivity index (χ3n) is 4.21. The maximum Gasteiger partial charge on any atom is 0.158 e. The SMILES string of the molecule is N#CC(O)[C@@H]1[C@@H](OCc2ccccc2)CN1Cc1ccccc1. The summed E-state index contributed by atoms with van der Waals surface area (Å²) in [6.07, 6.45) is -1.15. The third-order valence-corrected chi connectivity index (χ3v) is 4.21. The van der Waals surface area contributed by atoms with E-state index in [1.54, 1.807) is 0 Å². The Kier molecular flexibility index (Phi) is 5.04. The van der Waals surface area contributed by atoms with Gasteiger partial charge in [-0.25, -0.2) is 0 Å². The molecule has 2 aromatic carbocycles. The number of ether oxygens (including phenoxy) is 1. The average Bonchev–Trinajstić information content (AvgIpc) is 2.59. The van der Waals surface area contributed by atoms with Gasteiger partial charge in [-0.15, -0.1) is 0 Å². The van der Waals surface area contributed by atoms with Crippen LogP contribution < -0.4 is 0 Å². The van der Waals surface area contributed by atoms with Crippen LogP contribution in [0.1, 0.15) is 11.1 Å². The van der Waals surface area contributed by atoms with Crippen LogP contribution in [0.5, 0.6) is 0 Å². The Bertz CT molecular complexity index is 654. The average molecular weight is 308 g/mol. The topological polar surface area (TPSA) is 56.5 Å². The highest BCUT2D eigenvalue weighted by atomic mass is 16.5. The van der Waals surface area contributed by atoms with E-state index in [0.717, 1.165) is 18.7 Å². The lowest BCUT2D eigenvalue weighted by molar-refractivity contribution is -0.141. The summed E-state index contributed by atoms with van der Waals surface area (Å²) in [5, 5.41) is 19.1. The van der Waals surface area contributed by atoms with Crippen LogP contribution in [-0.4, -0.2) is 34.8 Å². The number of nitriles is 1. The number of hydrogen-bond donors (Lipinski definition) is 1. The molecule has 4 heteroatoms. The Morgan fingerprint density at radius 3 is 2.30 bits per heavy atom. The van der Waals surface area contributed by atoms with Crippen LogP contribution >= 0.6 is 0 Å². The minimum atomic E-state index is -1.03. The summed E-state index contributed by atoms with van der Waals surface area (Å²) in [6, 6.07) is 21.7. The highest BCUT2D eigenvalue weighted by Crippen LogP contribution is 2.27. The van der Waals surface area contributed by atoms with Crippen LogP contribution in [0.2, 0.25) is 0 Å². The first-order valence-electron chi connectivity index (χ1n) is 7.79. The number of benzene rings is 2. The number of nitrogens with zero attached hydrogens (tertiary/aromatic N) is 2. The van der Waals surface area contributed by atoms with E-state index >= 15 is 0 Å². The van der Waals surface area contributed by atoms with Gasteiger partial charge in [-0.1, -0.05) is 60.7 Å². The van der Waals surface area contributed by atoms with E-state index in [1.807, 2.05) is 66.7 Å². The number of rotatable bonds is 6. The molecule has 3 atom stereocenters. The van der Waals surface area contributed by atoms with Crippen LogP contribution in [0.25, 0.3) is 0 Å². The van der Waals surface area contributed by atoms with E-state index in [-0.39, 0.29) is 12.1 Å². The van der Waals surface area contributed by atoms with E-state index in [1.165, 1.54) is 5.56 Å². The van der Waals surface area contributed by atoms with Crippen molar-refractivity contribution in [3.05, 3.63) is 71.8 Å². The van der Waals surface area contributed by atoms with Gasteiger partial charge < -0.3 is 9.84 Å². The molecule has 0 radical (unpaired) electrons. The molecule has 1 saturated heterocycles. The second-order valence-electron chi connectivity index (χ2n) is 5.81. The Balaban J connectivity index is 1.60. The van der Waals surface area contributed by atoms with Crippen molar-refractivity contribution in [2.75, 3.05) is 6.54 Å². The molecule has 0 amide bonds. The van der Waals surface area contributed by atoms with Crippen molar-refractivity contribution in [3.63, 3.8) is 0 Å². The molecule has 4 nitrogen and oxygen atoms in total. The molecule has 1 N–H and O–H groups in total. The number of likely N-dealkylation sites (tertiary alicyclic amines) is 1. The van der Waals surface area contributed by atoms with Gasteiger partial charge in [0.1, 0.15) is 0 Å². The molecule has 0 bridgehead atoms. The predicted octanol–water partition coefficient (Wildman–Crippen LogP) is 2.34. The Morgan fingerprint density at radius 1 is 1.09 bits per heavy atom. The molecule has 1 unspecified atom stereocenters. The van der Waals surface area contributed by atoms with Gasteiger partial charge in [0.05, 0.1) is 24.8 Å². The summed E-state index contributed by atoms with van der Waals surface area (Å²) < 4.78 is 5.91. The smallest absolute Gasteiger partial charge is 0.158 e. The second kappa shape index (κ2) is 7.38. The van der Waals surface area contributed by atoms with Gasteiger partial charge in [0.15, 0.2) is 6.10 Å².